The molecule has 12 heavy (non-hydrogen) atoms. The summed E-state index contributed by atoms with van der Waals surface area (Å²) >= 11 is 0. The monoisotopic (exact) mass is 168 g/mol. The van der Waals surface area contributed by atoms with E-state index in [1.807, 2.05) is 14.0 Å². The van der Waals surface area contributed by atoms with Crippen LogP contribution in [0.15, 0.2) is 18.2 Å². The fraction of sp³-hybridized carbons (Fsp3) is 0.333. The van der Waals surface area contributed by atoms with Gasteiger partial charge in [-0.3, -0.25) is 0 Å². The van der Waals surface area contributed by atoms with Crippen molar-refractivity contribution in [3.63, 3.8) is 0 Å². The molecule has 2 N–H and O–H groups in total. The molecular weight excluding hydrogens is 155 g/mol. The Hall–Kier alpha value is -1.25. The lowest BCUT2D eigenvalue weighted by Crippen LogP contribution is -2.01. The van der Waals surface area contributed by atoms with E-state index in [9.17, 15) is 4.39 Å². The molecule has 3 heteroatoms. The van der Waals surface area contributed by atoms with E-state index in [2.05, 4.69) is 10.6 Å². The number of benzene rings is 1. The third-order valence-electron chi connectivity index (χ3n) is 1.62. The minimum absolute atomic E-state index is 0.218. The minimum atomic E-state index is -0.218. The van der Waals surface area contributed by atoms with Crippen molar-refractivity contribution in [3.8, 4) is 0 Å². The first-order valence-corrected chi connectivity index (χ1v) is 3.99. The van der Waals surface area contributed by atoms with Crippen molar-refractivity contribution < 1.29 is 4.39 Å². The van der Waals surface area contributed by atoms with Crippen molar-refractivity contribution in [2.75, 3.05) is 24.2 Å². The van der Waals surface area contributed by atoms with Gasteiger partial charge in [0.1, 0.15) is 5.82 Å². The first-order valence-electron chi connectivity index (χ1n) is 3.99. The molecule has 1 rings (SSSR count). The van der Waals surface area contributed by atoms with E-state index in [0.29, 0.717) is 0 Å². The molecule has 0 atom stereocenters. The number of hydrogen-bond acceptors (Lipinski definition) is 2. The second kappa shape index (κ2) is 3.95. The van der Waals surface area contributed by atoms with Crippen LogP contribution >= 0.6 is 0 Å². The van der Waals surface area contributed by atoms with Gasteiger partial charge in [0.2, 0.25) is 0 Å². The maximum absolute atomic E-state index is 12.7. The zero-order valence-corrected chi connectivity index (χ0v) is 7.32. The lowest BCUT2D eigenvalue weighted by molar-refractivity contribution is 0.628. The Morgan fingerprint density at radius 3 is 2.67 bits per heavy atom. The van der Waals surface area contributed by atoms with Gasteiger partial charge in [0.25, 0.3) is 0 Å². The van der Waals surface area contributed by atoms with E-state index >= 15 is 0 Å². The predicted octanol–water partition coefficient (Wildman–Crippen LogP) is 2.30. The standard InChI is InChI=1S/C9H13FN2/c1-3-12-9-6-7(10)4-5-8(9)11-2/h4-6,11-12H,3H2,1-2H3. The average molecular weight is 168 g/mol. The Kier molecular flexibility index (Phi) is 2.91. The fourth-order valence-corrected chi connectivity index (χ4v) is 1.07. The SMILES string of the molecule is CCNc1cc(F)ccc1NC. The van der Waals surface area contributed by atoms with Crippen LogP contribution in [0.4, 0.5) is 15.8 Å². The van der Waals surface area contributed by atoms with Crippen LogP contribution in [0.1, 0.15) is 6.92 Å². The second-order valence-electron chi connectivity index (χ2n) is 2.47. The molecule has 0 bridgehead atoms. The van der Waals surface area contributed by atoms with Gasteiger partial charge in [-0.05, 0) is 25.1 Å². The van der Waals surface area contributed by atoms with Crippen molar-refractivity contribution in [1.29, 1.82) is 0 Å². The molecule has 0 amide bonds. The maximum Gasteiger partial charge on any atom is 0.125 e. The van der Waals surface area contributed by atoms with Crippen LogP contribution in [0.2, 0.25) is 0 Å². The van der Waals surface area contributed by atoms with Crippen LogP contribution in [0.3, 0.4) is 0 Å². The van der Waals surface area contributed by atoms with E-state index < -0.39 is 0 Å². The van der Waals surface area contributed by atoms with Gasteiger partial charge >= 0.3 is 0 Å². The molecule has 0 fully saturated rings. The molecule has 0 spiro atoms. The first kappa shape index (κ1) is 8.84. The topological polar surface area (TPSA) is 24.1 Å². The van der Waals surface area contributed by atoms with Gasteiger partial charge in [-0.1, -0.05) is 0 Å². The summed E-state index contributed by atoms with van der Waals surface area (Å²) in [5, 5.41) is 6.04. The van der Waals surface area contributed by atoms with Crippen molar-refractivity contribution >= 4 is 11.4 Å². The molecule has 2 nitrogen and oxygen atoms in total. The smallest absolute Gasteiger partial charge is 0.125 e. The van der Waals surface area contributed by atoms with Crippen molar-refractivity contribution in [3.05, 3.63) is 24.0 Å². The summed E-state index contributed by atoms with van der Waals surface area (Å²) in [6, 6.07) is 4.63. The van der Waals surface area contributed by atoms with E-state index in [4.69, 9.17) is 0 Å². The quantitative estimate of drug-likeness (QED) is 0.723. The number of anilines is 2. The van der Waals surface area contributed by atoms with Crippen LogP contribution in [0, 0.1) is 5.82 Å². The lowest BCUT2D eigenvalue weighted by atomic mass is 10.2. The third-order valence-corrected chi connectivity index (χ3v) is 1.62. The number of nitrogens with one attached hydrogen (secondary N) is 2. The molecule has 0 heterocycles. The summed E-state index contributed by atoms with van der Waals surface area (Å²) in [6.07, 6.45) is 0. The fourth-order valence-electron chi connectivity index (χ4n) is 1.07. The van der Waals surface area contributed by atoms with Crippen LogP contribution in [0.5, 0.6) is 0 Å². The van der Waals surface area contributed by atoms with Gasteiger partial charge in [-0.2, -0.15) is 0 Å². The Morgan fingerprint density at radius 2 is 2.08 bits per heavy atom. The van der Waals surface area contributed by atoms with Crippen molar-refractivity contribution in [2.24, 2.45) is 0 Å². The summed E-state index contributed by atoms with van der Waals surface area (Å²) in [5.74, 6) is -0.218. The molecular formula is C9H13FN2. The molecule has 0 aliphatic rings. The summed E-state index contributed by atoms with van der Waals surface area (Å²) in [7, 11) is 1.81. The number of halogens is 1. The van der Waals surface area contributed by atoms with Crippen LogP contribution in [-0.4, -0.2) is 13.6 Å². The molecule has 0 aliphatic heterocycles. The van der Waals surface area contributed by atoms with Gasteiger partial charge in [0.15, 0.2) is 0 Å². The highest BCUT2D eigenvalue weighted by Gasteiger charge is 1.99. The predicted molar refractivity (Wildman–Crippen MR) is 50.1 cm³/mol. The van der Waals surface area contributed by atoms with Crippen molar-refractivity contribution in [2.45, 2.75) is 6.92 Å². The second-order valence-corrected chi connectivity index (χ2v) is 2.47. The molecule has 0 saturated heterocycles. The molecule has 0 aliphatic carbocycles. The number of rotatable bonds is 3. The van der Waals surface area contributed by atoms with Crippen LogP contribution < -0.4 is 10.6 Å². The lowest BCUT2D eigenvalue weighted by Gasteiger charge is -2.09. The van der Waals surface area contributed by atoms with Gasteiger partial charge < -0.3 is 10.6 Å². The molecule has 1 aromatic carbocycles. The van der Waals surface area contributed by atoms with Gasteiger partial charge in [0, 0.05) is 13.6 Å². The Labute approximate surface area is 71.8 Å². The maximum atomic E-state index is 12.7. The average Bonchev–Trinajstić information content (AvgIpc) is 2.05. The van der Waals surface area contributed by atoms with Gasteiger partial charge in [-0.25, -0.2) is 4.39 Å². The molecule has 0 aromatic heterocycles. The minimum Gasteiger partial charge on any atom is -0.386 e. The molecule has 0 saturated carbocycles. The van der Waals surface area contributed by atoms with Crippen LogP contribution in [0.25, 0.3) is 0 Å². The normalized spacial score (nSPS) is 9.58. The Balaban J connectivity index is 2.95. The largest absolute Gasteiger partial charge is 0.386 e. The van der Waals surface area contributed by atoms with Gasteiger partial charge in [-0.15, -0.1) is 0 Å². The Morgan fingerprint density at radius 1 is 1.33 bits per heavy atom. The third kappa shape index (κ3) is 1.87. The highest BCUT2D eigenvalue weighted by Crippen LogP contribution is 2.21. The van der Waals surface area contributed by atoms with E-state index in [1.54, 1.807) is 6.07 Å². The summed E-state index contributed by atoms with van der Waals surface area (Å²) in [6.45, 7) is 2.77. The van der Waals surface area contributed by atoms with E-state index in [-0.39, 0.29) is 5.82 Å². The summed E-state index contributed by atoms with van der Waals surface area (Å²) in [4.78, 5) is 0. The molecule has 0 unspecified atom stereocenters. The highest BCUT2D eigenvalue weighted by molar-refractivity contribution is 5.68. The van der Waals surface area contributed by atoms with Crippen LogP contribution in [-0.2, 0) is 0 Å². The van der Waals surface area contributed by atoms with Crippen molar-refractivity contribution in [1.82, 2.24) is 0 Å². The van der Waals surface area contributed by atoms with Gasteiger partial charge in [0.05, 0.1) is 11.4 Å². The number of hydrogen-bond donors (Lipinski definition) is 2. The molecule has 1 aromatic rings. The summed E-state index contributed by atoms with van der Waals surface area (Å²) < 4.78 is 12.7. The summed E-state index contributed by atoms with van der Waals surface area (Å²) in [5.41, 5.74) is 1.72. The first-order chi connectivity index (χ1) is 5.77. The molecule has 66 valence electrons. The zero-order valence-electron chi connectivity index (χ0n) is 7.32. The zero-order chi connectivity index (χ0) is 8.97. The Bertz CT molecular complexity index is 261. The van der Waals surface area contributed by atoms with E-state index in [1.165, 1.54) is 12.1 Å². The highest BCUT2D eigenvalue weighted by atomic mass is 19.1. The van der Waals surface area contributed by atoms with E-state index in [0.717, 1.165) is 17.9 Å². The molecule has 0 radical (unpaired) electrons.